The lowest BCUT2D eigenvalue weighted by Gasteiger charge is -2.10. The Bertz CT molecular complexity index is 522. The van der Waals surface area contributed by atoms with Crippen molar-refractivity contribution >= 4 is 24.0 Å². The average Bonchev–Trinajstić information content (AvgIpc) is 2.86. The molecule has 1 aliphatic rings. The maximum atomic E-state index is 11.9. The number of amides is 1. The number of hydrogen-bond donors (Lipinski definition) is 2. The number of hydrogen-bond acceptors (Lipinski definition) is 3. The maximum absolute atomic E-state index is 11.9. The first-order valence-electron chi connectivity index (χ1n) is 6.74. The molecule has 1 atom stereocenters. The second-order valence-corrected chi connectivity index (χ2v) is 5.29. The van der Waals surface area contributed by atoms with Crippen LogP contribution in [-0.2, 0) is 11.8 Å². The third kappa shape index (κ3) is 4.35. The summed E-state index contributed by atoms with van der Waals surface area (Å²) in [6.45, 7) is 3.95. The average molecular weight is 300 g/mol. The molecule has 112 valence electrons. The first-order valence-corrected chi connectivity index (χ1v) is 6.74. The molecule has 1 fully saturated rings. The summed E-state index contributed by atoms with van der Waals surface area (Å²) in [5, 5.41) is 6.01. The first kappa shape index (κ1) is 16.7. The van der Waals surface area contributed by atoms with Gasteiger partial charge < -0.3 is 15.2 Å². The third-order valence-corrected chi connectivity index (χ3v) is 3.54. The molecule has 0 aliphatic carbocycles. The Morgan fingerprint density at radius 2 is 2.30 bits per heavy atom. The molecule has 6 heteroatoms. The third-order valence-electron chi connectivity index (χ3n) is 3.54. The molecule has 1 aromatic heterocycles. The van der Waals surface area contributed by atoms with E-state index in [4.69, 9.17) is 0 Å². The molecule has 0 saturated carbocycles. The normalized spacial score (nSPS) is 17.6. The Morgan fingerprint density at radius 1 is 1.55 bits per heavy atom. The van der Waals surface area contributed by atoms with Crippen molar-refractivity contribution < 1.29 is 4.79 Å². The minimum atomic E-state index is -0.165. The maximum Gasteiger partial charge on any atom is 0.274 e. The van der Waals surface area contributed by atoms with E-state index in [0.29, 0.717) is 18.0 Å². The number of pyridine rings is 1. The van der Waals surface area contributed by atoms with E-state index in [0.717, 1.165) is 31.5 Å². The predicted molar refractivity (Wildman–Crippen MR) is 82.5 cm³/mol. The summed E-state index contributed by atoms with van der Waals surface area (Å²) < 4.78 is 1.49. The number of nitrogens with zero attached hydrogens (tertiary/aromatic N) is 1. The molecule has 0 bridgehead atoms. The fourth-order valence-corrected chi connectivity index (χ4v) is 2.48. The van der Waals surface area contributed by atoms with Gasteiger partial charge in [-0.2, -0.15) is 0 Å². The lowest BCUT2D eigenvalue weighted by Crippen LogP contribution is -2.24. The van der Waals surface area contributed by atoms with Crippen molar-refractivity contribution in [1.29, 1.82) is 0 Å². The summed E-state index contributed by atoms with van der Waals surface area (Å²) in [5.74, 6) is 0.515. The zero-order valence-electron chi connectivity index (χ0n) is 11.9. The van der Waals surface area contributed by atoms with E-state index in [1.165, 1.54) is 4.57 Å². The predicted octanol–water partition coefficient (Wildman–Crippen LogP) is 1.44. The van der Waals surface area contributed by atoms with E-state index in [-0.39, 0.29) is 23.9 Å². The lowest BCUT2D eigenvalue weighted by atomic mass is 10.0. The SMILES string of the molecule is Cc1cc(NC(=O)CCC2CCNC2)c(=O)n(C)c1.Cl. The van der Waals surface area contributed by atoms with E-state index in [1.54, 1.807) is 19.3 Å². The van der Waals surface area contributed by atoms with Gasteiger partial charge in [0.05, 0.1) is 0 Å². The van der Waals surface area contributed by atoms with Gasteiger partial charge in [0, 0.05) is 19.7 Å². The molecule has 2 N–H and O–H groups in total. The molecule has 1 aromatic rings. The van der Waals surface area contributed by atoms with E-state index >= 15 is 0 Å². The van der Waals surface area contributed by atoms with E-state index in [1.807, 2.05) is 6.92 Å². The van der Waals surface area contributed by atoms with Crippen LogP contribution in [0.3, 0.4) is 0 Å². The van der Waals surface area contributed by atoms with Crippen LogP contribution in [0.15, 0.2) is 17.1 Å². The molecule has 1 aliphatic heterocycles. The van der Waals surface area contributed by atoms with Gasteiger partial charge in [-0.1, -0.05) is 0 Å². The van der Waals surface area contributed by atoms with Crippen LogP contribution < -0.4 is 16.2 Å². The fraction of sp³-hybridized carbons (Fsp3) is 0.571. The van der Waals surface area contributed by atoms with Crippen LogP contribution in [0.4, 0.5) is 5.69 Å². The first-order chi connectivity index (χ1) is 9.06. The van der Waals surface area contributed by atoms with Crippen molar-refractivity contribution in [2.75, 3.05) is 18.4 Å². The molecular formula is C14H22ClN3O2. The number of aromatic nitrogens is 1. The highest BCUT2D eigenvalue weighted by molar-refractivity contribution is 5.90. The topological polar surface area (TPSA) is 63.1 Å². The molecule has 2 rings (SSSR count). The largest absolute Gasteiger partial charge is 0.321 e. The summed E-state index contributed by atoms with van der Waals surface area (Å²) in [6.07, 6.45) is 4.25. The molecule has 0 aromatic carbocycles. The highest BCUT2D eigenvalue weighted by Gasteiger charge is 2.16. The van der Waals surface area contributed by atoms with Gasteiger partial charge >= 0.3 is 0 Å². The minimum absolute atomic E-state index is 0. The summed E-state index contributed by atoms with van der Waals surface area (Å²) >= 11 is 0. The van der Waals surface area contributed by atoms with Crippen LogP contribution in [0.5, 0.6) is 0 Å². The van der Waals surface area contributed by atoms with E-state index in [2.05, 4.69) is 10.6 Å². The number of carbonyl (C=O) groups excluding carboxylic acids is 1. The van der Waals surface area contributed by atoms with Crippen LogP contribution >= 0.6 is 12.4 Å². The molecular weight excluding hydrogens is 278 g/mol. The number of aryl methyl sites for hydroxylation is 2. The van der Waals surface area contributed by atoms with Gasteiger partial charge in [-0.3, -0.25) is 9.59 Å². The fourth-order valence-electron chi connectivity index (χ4n) is 2.48. The van der Waals surface area contributed by atoms with Crippen molar-refractivity contribution in [2.24, 2.45) is 13.0 Å². The Labute approximate surface area is 125 Å². The van der Waals surface area contributed by atoms with Gasteiger partial charge in [0.2, 0.25) is 5.91 Å². The number of anilines is 1. The van der Waals surface area contributed by atoms with Crippen molar-refractivity contribution in [3.63, 3.8) is 0 Å². The summed E-state index contributed by atoms with van der Waals surface area (Å²) in [4.78, 5) is 23.7. The molecule has 1 saturated heterocycles. The smallest absolute Gasteiger partial charge is 0.274 e. The van der Waals surface area contributed by atoms with Crippen molar-refractivity contribution in [1.82, 2.24) is 9.88 Å². The Kier molecular flexibility index (Phi) is 6.23. The summed E-state index contributed by atoms with van der Waals surface area (Å²) in [6, 6.07) is 1.72. The number of nitrogens with one attached hydrogen (secondary N) is 2. The highest BCUT2D eigenvalue weighted by atomic mass is 35.5. The number of carbonyl (C=O) groups is 1. The van der Waals surface area contributed by atoms with Crippen LogP contribution in [0.25, 0.3) is 0 Å². The van der Waals surface area contributed by atoms with E-state index < -0.39 is 0 Å². The monoisotopic (exact) mass is 299 g/mol. The molecule has 1 amide bonds. The van der Waals surface area contributed by atoms with Gasteiger partial charge in [-0.15, -0.1) is 12.4 Å². The van der Waals surface area contributed by atoms with Crippen molar-refractivity contribution in [3.8, 4) is 0 Å². The summed E-state index contributed by atoms with van der Waals surface area (Å²) in [7, 11) is 1.69. The second kappa shape index (κ2) is 7.45. The molecule has 1 unspecified atom stereocenters. The highest BCUT2D eigenvalue weighted by Crippen LogP contribution is 2.14. The van der Waals surface area contributed by atoms with Gasteiger partial charge in [0.15, 0.2) is 0 Å². The number of halogens is 1. The van der Waals surface area contributed by atoms with Gasteiger partial charge in [-0.25, -0.2) is 0 Å². The minimum Gasteiger partial charge on any atom is -0.321 e. The Morgan fingerprint density at radius 3 is 2.95 bits per heavy atom. The van der Waals surface area contributed by atoms with Gasteiger partial charge in [0.25, 0.3) is 5.56 Å². The number of rotatable bonds is 4. The quantitative estimate of drug-likeness (QED) is 0.884. The zero-order valence-corrected chi connectivity index (χ0v) is 12.8. The second-order valence-electron chi connectivity index (χ2n) is 5.29. The van der Waals surface area contributed by atoms with Crippen LogP contribution in [0, 0.1) is 12.8 Å². The molecule has 20 heavy (non-hydrogen) atoms. The van der Waals surface area contributed by atoms with Gasteiger partial charge in [-0.05, 0) is 50.4 Å². The van der Waals surface area contributed by atoms with E-state index in [9.17, 15) is 9.59 Å². The van der Waals surface area contributed by atoms with Crippen molar-refractivity contribution in [3.05, 3.63) is 28.2 Å². The van der Waals surface area contributed by atoms with Crippen molar-refractivity contribution in [2.45, 2.75) is 26.2 Å². The summed E-state index contributed by atoms with van der Waals surface area (Å²) in [5.41, 5.74) is 1.16. The standard InChI is InChI=1S/C14H21N3O2.ClH/c1-10-7-12(14(19)17(2)9-10)16-13(18)4-3-11-5-6-15-8-11;/h7,9,11,15H,3-6,8H2,1-2H3,(H,16,18);1H. The Hall–Kier alpha value is -1.33. The molecule has 0 spiro atoms. The van der Waals surface area contributed by atoms with Crippen LogP contribution in [0.1, 0.15) is 24.8 Å². The van der Waals surface area contributed by atoms with Crippen LogP contribution in [-0.4, -0.2) is 23.6 Å². The van der Waals surface area contributed by atoms with Crippen LogP contribution in [0.2, 0.25) is 0 Å². The zero-order chi connectivity index (χ0) is 13.8. The molecule has 0 radical (unpaired) electrons. The van der Waals surface area contributed by atoms with Gasteiger partial charge in [0.1, 0.15) is 5.69 Å². The molecule has 5 nitrogen and oxygen atoms in total. The Balaban J connectivity index is 0.00000200. The molecule has 2 heterocycles. The lowest BCUT2D eigenvalue weighted by molar-refractivity contribution is -0.116.